The molecule has 5 heteroatoms. The molecule has 0 N–H and O–H groups in total. The van der Waals surface area contributed by atoms with Crippen LogP contribution in [-0.2, 0) is 0 Å². The fourth-order valence-electron chi connectivity index (χ4n) is 1.34. The van der Waals surface area contributed by atoms with Crippen molar-refractivity contribution in [2.75, 3.05) is 14.2 Å². The minimum atomic E-state index is 0.341. The predicted molar refractivity (Wildman–Crippen MR) is 68.8 cm³/mol. The molecule has 0 bridgehead atoms. The van der Waals surface area contributed by atoms with Gasteiger partial charge >= 0.3 is 6.01 Å². The van der Waals surface area contributed by atoms with Gasteiger partial charge in [0.2, 0.25) is 0 Å². The summed E-state index contributed by atoms with van der Waals surface area (Å²) in [5.74, 6) is 0.774. The van der Waals surface area contributed by atoms with Gasteiger partial charge < -0.3 is 9.47 Å². The summed E-state index contributed by atoms with van der Waals surface area (Å²) in [5, 5.41) is 0. The van der Waals surface area contributed by atoms with E-state index in [0.717, 1.165) is 17.0 Å². The van der Waals surface area contributed by atoms with E-state index in [-0.39, 0.29) is 0 Å². The molecule has 5 nitrogen and oxygen atoms in total. The Balaban J connectivity index is 2.13. The van der Waals surface area contributed by atoms with Crippen molar-refractivity contribution in [3.8, 4) is 11.8 Å². The van der Waals surface area contributed by atoms with Gasteiger partial charge in [-0.2, -0.15) is 0 Å². The number of nitrogens with zero attached hydrogens (tertiary/aromatic N) is 3. The third-order valence-electron chi connectivity index (χ3n) is 2.25. The van der Waals surface area contributed by atoms with Crippen molar-refractivity contribution in [1.82, 2.24) is 9.97 Å². The molecule has 2 rings (SSSR count). The molecule has 0 saturated carbocycles. The van der Waals surface area contributed by atoms with Crippen LogP contribution < -0.4 is 9.47 Å². The zero-order valence-corrected chi connectivity index (χ0v) is 10.2. The Hall–Kier alpha value is -2.43. The van der Waals surface area contributed by atoms with E-state index in [2.05, 4.69) is 15.0 Å². The van der Waals surface area contributed by atoms with Crippen LogP contribution in [0.5, 0.6) is 11.8 Å². The van der Waals surface area contributed by atoms with Gasteiger partial charge in [0.15, 0.2) is 0 Å². The minimum absolute atomic E-state index is 0.341. The molecule has 92 valence electrons. The van der Waals surface area contributed by atoms with Crippen LogP contribution in [0.3, 0.4) is 0 Å². The number of hydrogen-bond donors (Lipinski definition) is 0. The summed E-state index contributed by atoms with van der Waals surface area (Å²) < 4.78 is 10.0. The Kier molecular flexibility index (Phi) is 3.86. The van der Waals surface area contributed by atoms with Crippen molar-refractivity contribution >= 4 is 11.9 Å². The smallest absolute Gasteiger partial charge is 0.316 e. The molecule has 0 amide bonds. The lowest BCUT2D eigenvalue weighted by Crippen LogP contribution is -1.92. The normalized spacial score (nSPS) is 10.6. The van der Waals surface area contributed by atoms with E-state index in [0.29, 0.717) is 6.01 Å². The first kappa shape index (κ1) is 12.0. The van der Waals surface area contributed by atoms with Gasteiger partial charge in [-0.05, 0) is 12.1 Å². The molecule has 1 aromatic heterocycles. The van der Waals surface area contributed by atoms with E-state index in [1.54, 1.807) is 25.7 Å². The summed E-state index contributed by atoms with van der Waals surface area (Å²) in [6.45, 7) is 0. The molecule has 0 radical (unpaired) electrons. The van der Waals surface area contributed by atoms with Crippen LogP contribution in [0.15, 0.2) is 41.7 Å². The third kappa shape index (κ3) is 3.04. The lowest BCUT2D eigenvalue weighted by Gasteiger charge is -2.00. The fourth-order valence-corrected chi connectivity index (χ4v) is 1.34. The van der Waals surface area contributed by atoms with Crippen molar-refractivity contribution in [3.63, 3.8) is 0 Å². The van der Waals surface area contributed by atoms with Crippen LogP contribution in [0.2, 0.25) is 0 Å². The van der Waals surface area contributed by atoms with Crippen LogP contribution >= 0.6 is 0 Å². The summed E-state index contributed by atoms with van der Waals surface area (Å²) >= 11 is 0. The summed E-state index contributed by atoms with van der Waals surface area (Å²) in [6.07, 6.45) is 4.99. The monoisotopic (exact) mass is 243 g/mol. The first-order valence-corrected chi connectivity index (χ1v) is 5.36. The molecule has 0 fully saturated rings. The van der Waals surface area contributed by atoms with E-state index in [1.165, 1.54) is 7.11 Å². The van der Waals surface area contributed by atoms with E-state index in [9.17, 15) is 0 Å². The minimum Gasteiger partial charge on any atom is -0.497 e. The Labute approximate surface area is 105 Å². The number of methoxy groups -OCH3 is 2. The summed E-state index contributed by atoms with van der Waals surface area (Å²) in [5.41, 5.74) is 1.61. The van der Waals surface area contributed by atoms with Gasteiger partial charge in [0.05, 0.1) is 19.9 Å². The van der Waals surface area contributed by atoms with Gasteiger partial charge in [0.1, 0.15) is 5.75 Å². The van der Waals surface area contributed by atoms with E-state index >= 15 is 0 Å². The molecule has 1 heterocycles. The average molecular weight is 243 g/mol. The molecule has 2 aromatic rings. The maximum atomic E-state index is 5.12. The molecule has 0 aliphatic rings. The Morgan fingerprint density at radius 3 is 2.56 bits per heavy atom. The number of hydrogen-bond acceptors (Lipinski definition) is 5. The number of ether oxygens (including phenoxy) is 2. The average Bonchev–Trinajstić information content (AvgIpc) is 2.46. The third-order valence-corrected chi connectivity index (χ3v) is 2.25. The quantitative estimate of drug-likeness (QED) is 0.773. The lowest BCUT2D eigenvalue weighted by molar-refractivity contribution is 0.379. The molecule has 0 saturated heterocycles. The van der Waals surface area contributed by atoms with Crippen molar-refractivity contribution in [2.24, 2.45) is 4.99 Å². The summed E-state index contributed by atoms with van der Waals surface area (Å²) in [6, 6.07) is 7.84. The highest BCUT2D eigenvalue weighted by Crippen LogP contribution is 2.19. The van der Waals surface area contributed by atoms with Crippen molar-refractivity contribution in [1.29, 1.82) is 0 Å². The zero-order chi connectivity index (χ0) is 12.8. The maximum absolute atomic E-state index is 5.12. The molecule has 1 aromatic carbocycles. The van der Waals surface area contributed by atoms with Gasteiger partial charge in [0.25, 0.3) is 0 Å². The Morgan fingerprint density at radius 1 is 1.11 bits per heavy atom. The van der Waals surface area contributed by atoms with Crippen LogP contribution in [0.4, 0.5) is 5.69 Å². The highest BCUT2D eigenvalue weighted by Gasteiger charge is 1.95. The highest BCUT2D eigenvalue weighted by atomic mass is 16.5. The number of aliphatic imine (C=N–C) groups is 1. The van der Waals surface area contributed by atoms with Crippen LogP contribution in [0.25, 0.3) is 0 Å². The topological polar surface area (TPSA) is 56.6 Å². The second-order valence-corrected chi connectivity index (χ2v) is 3.46. The van der Waals surface area contributed by atoms with Crippen LogP contribution in [-0.4, -0.2) is 30.4 Å². The fraction of sp³-hybridized carbons (Fsp3) is 0.154. The molecule has 18 heavy (non-hydrogen) atoms. The number of aromatic nitrogens is 2. The Bertz CT molecular complexity index is 538. The van der Waals surface area contributed by atoms with Gasteiger partial charge in [-0.15, -0.1) is 0 Å². The number of benzene rings is 1. The van der Waals surface area contributed by atoms with E-state index < -0.39 is 0 Å². The zero-order valence-electron chi connectivity index (χ0n) is 10.2. The molecule has 0 atom stereocenters. The second-order valence-electron chi connectivity index (χ2n) is 3.46. The van der Waals surface area contributed by atoms with Crippen molar-refractivity contribution in [3.05, 3.63) is 42.2 Å². The van der Waals surface area contributed by atoms with Gasteiger partial charge in [-0.3, -0.25) is 4.99 Å². The van der Waals surface area contributed by atoms with Crippen LogP contribution in [0.1, 0.15) is 5.56 Å². The van der Waals surface area contributed by atoms with E-state index in [4.69, 9.17) is 9.47 Å². The molecule has 0 aliphatic heterocycles. The lowest BCUT2D eigenvalue weighted by atomic mass is 10.3. The predicted octanol–water partition coefficient (Wildman–Crippen LogP) is 2.24. The van der Waals surface area contributed by atoms with E-state index in [1.807, 2.05) is 24.3 Å². The van der Waals surface area contributed by atoms with Gasteiger partial charge in [0, 0.05) is 30.2 Å². The van der Waals surface area contributed by atoms with Crippen molar-refractivity contribution in [2.45, 2.75) is 0 Å². The van der Waals surface area contributed by atoms with Gasteiger partial charge in [-0.25, -0.2) is 9.97 Å². The highest BCUT2D eigenvalue weighted by molar-refractivity contribution is 5.81. The second kappa shape index (κ2) is 5.77. The molecular formula is C13H13N3O2. The first-order chi connectivity index (χ1) is 8.81. The molecule has 0 aliphatic carbocycles. The maximum Gasteiger partial charge on any atom is 0.316 e. The first-order valence-electron chi connectivity index (χ1n) is 5.36. The molecule has 0 spiro atoms. The summed E-state index contributed by atoms with van der Waals surface area (Å²) in [7, 11) is 3.15. The van der Waals surface area contributed by atoms with Crippen molar-refractivity contribution < 1.29 is 9.47 Å². The molecule has 0 unspecified atom stereocenters. The largest absolute Gasteiger partial charge is 0.497 e. The summed E-state index contributed by atoms with van der Waals surface area (Å²) in [4.78, 5) is 12.3. The van der Waals surface area contributed by atoms with Gasteiger partial charge in [-0.1, -0.05) is 6.07 Å². The molecular weight excluding hydrogens is 230 g/mol. The van der Waals surface area contributed by atoms with Crippen LogP contribution in [0, 0.1) is 0 Å². The standard InChI is InChI=1S/C13H13N3O2/c1-17-12-5-3-4-11(6-12)14-7-10-8-15-13(18-2)16-9-10/h3-9H,1-2H3/b14-7+. The Morgan fingerprint density at radius 2 is 1.89 bits per heavy atom. The SMILES string of the molecule is COc1cccc(/N=C/c2cnc(OC)nc2)c1. The number of rotatable bonds is 4.